The highest BCUT2D eigenvalue weighted by molar-refractivity contribution is 5.27. The second-order valence-corrected chi connectivity index (χ2v) is 4.74. The predicted molar refractivity (Wildman–Crippen MR) is 66.6 cm³/mol. The number of hydrogen-bond donors (Lipinski definition) is 3. The molecule has 0 saturated carbocycles. The molecule has 1 aliphatic rings. The maximum absolute atomic E-state index is 9.45. The highest BCUT2D eigenvalue weighted by Gasteiger charge is 2.27. The SMILES string of the molecule is Oc1ccc(Cc2noc([C@@H]3C[C@@H](O)CN3)n2)cc1. The summed E-state index contributed by atoms with van der Waals surface area (Å²) in [5.74, 6) is 1.36. The van der Waals surface area contributed by atoms with Gasteiger partial charge in [0, 0.05) is 13.0 Å². The minimum absolute atomic E-state index is 0.0592. The fourth-order valence-corrected chi connectivity index (χ4v) is 2.18. The number of phenols is 1. The van der Waals surface area contributed by atoms with Crippen LogP contribution in [0.2, 0.25) is 0 Å². The molecule has 6 heteroatoms. The van der Waals surface area contributed by atoms with Gasteiger partial charge in [0.2, 0.25) is 5.89 Å². The van der Waals surface area contributed by atoms with Crippen LogP contribution in [0.25, 0.3) is 0 Å². The van der Waals surface area contributed by atoms with Crippen molar-refractivity contribution in [1.29, 1.82) is 0 Å². The summed E-state index contributed by atoms with van der Waals surface area (Å²) < 4.78 is 5.21. The molecule has 3 N–H and O–H groups in total. The Morgan fingerprint density at radius 1 is 1.32 bits per heavy atom. The monoisotopic (exact) mass is 261 g/mol. The fraction of sp³-hybridized carbons (Fsp3) is 0.385. The van der Waals surface area contributed by atoms with Gasteiger partial charge in [0.15, 0.2) is 5.82 Å². The lowest BCUT2D eigenvalue weighted by molar-refractivity contribution is 0.191. The Morgan fingerprint density at radius 3 is 2.79 bits per heavy atom. The first-order chi connectivity index (χ1) is 9.20. The molecule has 0 spiro atoms. The molecule has 0 bridgehead atoms. The average molecular weight is 261 g/mol. The predicted octanol–water partition coefficient (Wildman–Crippen LogP) is 0.761. The first-order valence-corrected chi connectivity index (χ1v) is 6.22. The molecule has 2 atom stereocenters. The van der Waals surface area contributed by atoms with E-state index < -0.39 is 0 Å². The van der Waals surface area contributed by atoms with Gasteiger partial charge in [-0.1, -0.05) is 17.3 Å². The van der Waals surface area contributed by atoms with E-state index in [1.807, 2.05) is 12.1 Å². The van der Waals surface area contributed by atoms with Crippen LogP contribution < -0.4 is 5.32 Å². The third-order valence-electron chi connectivity index (χ3n) is 3.19. The summed E-state index contributed by atoms with van der Waals surface area (Å²) in [5, 5.41) is 25.7. The smallest absolute Gasteiger partial charge is 0.243 e. The van der Waals surface area contributed by atoms with Crippen molar-refractivity contribution in [1.82, 2.24) is 15.5 Å². The normalized spacial score (nSPS) is 22.8. The van der Waals surface area contributed by atoms with Crippen LogP contribution in [0.3, 0.4) is 0 Å². The lowest BCUT2D eigenvalue weighted by Crippen LogP contribution is -2.15. The van der Waals surface area contributed by atoms with E-state index >= 15 is 0 Å². The Bertz CT molecular complexity index is 553. The van der Waals surface area contributed by atoms with Crippen LogP contribution in [0.5, 0.6) is 5.75 Å². The van der Waals surface area contributed by atoms with E-state index in [-0.39, 0.29) is 17.9 Å². The molecule has 1 saturated heterocycles. The molecule has 1 fully saturated rings. The first kappa shape index (κ1) is 12.1. The molecule has 1 aromatic heterocycles. The van der Waals surface area contributed by atoms with Gasteiger partial charge < -0.3 is 20.1 Å². The molecular formula is C13H15N3O3. The van der Waals surface area contributed by atoms with Crippen LogP contribution in [-0.2, 0) is 6.42 Å². The zero-order valence-corrected chi connectivity index (χ0v) is 10.3. The lowest BCUT2D eigenvalue weighted by Gasteiger charge is -2.01. The molecule has 0 amide bonds. The summed E-state index contributed by atoms with van der Waals surface area (Å²) in [5.41, 5.74) is 1.00. The van der Waals surface area contributed by atoms with Crippen LogP contribution >= 0.6 is 0 Å². The van der Waals surface area contributed by atoms with Crippen LogP contribution in [0.15, 0.2) is 28.8 Å². The van der Waals surface area contributed by atoms with Crippen molar-refractivity contribution < 1.29 is 14.7 Å². The van der Waals surface area contributed by atoms with E-state index in [0.717, 1.165) is 5.56 Å². The molecule has 0 unspecified atom stereocenters. The number of benzene rings is 1. The van der Waals surface area contributed by atoms with Crippen molar-refractivity contribution in [2.45, 2.75) is 25.0 Å². The van der Waals surface area contributed by atoms with Gasteiger partial charge in [-0.2, -0.15) is 4.98 Å². The number of β-amino-alcohol motifs (C(OH)–C–C–N with tert-alkyl or cyclic N) is 1. The van der Waals surface area contributed by atoms with E-state index in [2.05, 4.69) is 15.5 Å². The van der Waals surface area contributed by atoms with Crippen molar-refractivity contribution in [3.63, 3.8) is 0 Å². The molecule has 2 heterocycles. The molecule has 0 radical (unpaired) electrons. The molecule has 1 aromatic carbocycles. The summed E-state index contributed by atoms with van der Waals surface area (Å²) in [6.07, 6.45) is 0.803. The fourth-order valence-electron chi connectivity index (χ4n) is 2.18. The molecule has 19 heavy (non-hydrogen) atoms. The average Bonchev–Trinajstić information content (AvgIpc) is 3.01. The van der Waals surface area contributed by atoms with Gasteiger partial charge in [0.1, 0.15) is 5.75 Å². The first-order valence-electron chi connectivity index (χ1n) is 6.22. The number of aromatic nitrogens is 2. The van der Waals surface area contributed by atoms with Gasteiger partial charge in [0.25, 0.3) is 0 Å². The minimum atomic E-state index is -0.350. The Kier molecular flexibility index (Phi) is 3.18. The molecule has 1 aliphatic heterocycles. The number of nitrogens with zero attached hydrogens (tertiary/aromatic N) is 2. The second-order valence-electron chi connectivity index (χ2n) is 4.74. The van der Waals surface area contributed by atoms with E-state index in [1.54, 1.807) is 12.1 Å². The second kappa shape index (κ2) is 4.99. The highest BCUT2D eigenvalue weighted by atomic mass is 16.5. The van der Waals surface area contributed by atoms with Gasteiger partial charge in [-0.3, -0.25) is 0 Å². The number of rotatable bonds is 3. The Labute approximate surface area is 110 Å². The van der Waals surface area contributed by atoms with Crippen LogP contribution in [0, 0.1) is 0 Å². The number of phenolic OH excluding ortho intramolecular Hbond substituents is 1. The van der Waals surface area contributed by atoms with Gasteiger partial charge in [0.05, 0.1) is 12.1 Å². The van der Waals surface area contributed by atoms with Crippen LogP contribution in [-0.4, -0.2) is 33.0 Å². The van der Waals surface area contributed by atoms with E-state index in [0.29, 0.717) is 31.1 Å². The van der Waals surface area contributed by atoms with Crippen molar-refractivity contribution in [2.75, 3.05) is 6.54 Å². The topological polar surface area (TPSA) is 91.4 Å². The number of aliphatic hydroxyl groups is 1. The van der Waals surface area contributed by atoms with Gasteiger partial charge in [-0.25, -0.2) is 0 Å². The van der Waals surface area contributed by atoms with Gasteiger partial charge in [-0.15, -0.1) is 0 Å². The molecule has 0 aliphatic carbocycles. The maximum atomic E-state index is 9.45. The summed E-state index contributed by atoms with van der Waals surface area (Å²) >= 11 is 0. The molecule has 2 aromatic rings. The van der Waals surface area contributed by atoms with Gasteiger partial charge >= 0.3 is 0 Å². The van der Waals surface area contributed by atoms with Gasteiger partial charge in [-0.05, 0) is 24.1 Å². The third kappa shape index (κ3) is 2.74. The van der Waals surface area contributed by atoms with Crippen LogP contribution in [0.1, 0.15) is 29.7 Å². The summed E-state index contributed by atoms with van der Waals surface area (Å²) in [6.45, 7) is 0.556. The van der Waals surface area contributed by atoms with E-state index in [1.165, 1.54) is 0 Å². The Hall–Kier alpha value is -1.92. The summed E-state index contributed by atoms with van der Waals surface area (Å²) in [7, 11) is 0. The zero-order valence-electron chi connectivity index (χ0n) is 10.3. The standard InChI is InChI=1S/C13H15N3O3/c17-9-3-1-8(2-4-9)5-12-15-13(19-16-12)11-6-10(18)7-14-11/h1-4,10-11,14,17-18H,5-7H2/t10-,11+/m1/s1. The quantitative estimate of drug-likeness (QED) is 0.755. The molecule has 3 rings (SSSR count). The summed E-state index contributed by atoms with van der Waals surface area (Å²) in [4.78, 5) is 4.33. The number of nitrogens with one attached hydrogen (secondary N) is 1. The van der Waals surface area contributed by atoms with Crippen molar-refractivity contribution in [2.24, 2.45) is 0 Å². The molecular weight excluding hydrogens is 246 g/mol. The Morgan fingerprint density at radius 2 is 2.11 bits per heavy atom. The number of hydrogen-bond acceptors (Lipinski definition) is 6. The largest absolute Gasteiger partial charge is 0.508 e. The van der Waals surface area contributed by atoms with E-state index in [4.69, 9.17) is 4.52 Å². The summed E-state index contributed by atoms with van der Waals surface area (Å²) in [6, 6.07) is 6.85. The zero-order chi connectivity index (χ0) is 13.2. The minimum Gasteiger partial charge on any atom is -0.508 e. The highest BCUT2D eigenvalue weighted by Crippen LogP contribution is 2.22. The number of aliphatic hydroxyl groups excluding tert-OH is 1. The lowest BCUT2D eigenvalue weighted by atomic mass is 10.1. The van der Waals surface area contributed by atoms with Crippen LogP contribution in [0.4, 0.5) is 0 Å². The molecule has 6 nitrogen and oxygen atoms in total. The maximum Gasteiger partial charge on any atom is 0.243 e. The van der Waals surface area contributed by atoms with Crippen molar-refractivity contribution >= 4 is 0 Å². The third-order valence-corrected chi connectivity index (χ3v) is 3.19. The number of aromatic hydroxyl groups is 1. The van der Waals surface area contributed by atoms with Crippen molar-refractivity contribution in [3.05, 3.63) is 41.5 Å². The van der Waals surface area contributed by atoms with E-state index in [9.17, 15) is 10.2 Å². The van der Waals surface area contributed by atoms with Crippen molar-refractivity contribution in [3.8, 4) is 5.75 Å². The molecule has 100 valence electrons. The Balaban J connectivity index is 1.69.